The first-order valence-corrected chi connectivity index (χ1v) is 10.0. The highest BCUT2D eigenvalue weighted by molar-refractivity contribution is 5.99. The van der Waals surface area contributed by atoms with Gasteiger partial charge in [-0.05, 0) is 48.2 Å². The molecule has 0 bridgehead atoms. The molecule has 7 heteroatoms. The average Bonchev–Trinajstić information content (AvgIpc) is 3.17. The molecule has 4 rings (SSSR count). The zero-order chi connectivity index (χ0) is 21.4. The molecule has 1 aliphatic heterocycles. The summed E-state index contributed by atoms with van der Waals surface area (Å²) in [7, 11) is 0. The number of hydrogen-bond donors (Lipinski definition) is 1. The number of aromatic hydroxyl groups is 1. The highest BCUT2D eigenvalue weighted by atomic mass is 19.1. The van der Waals surface area contributed by atoms with E-state index in [9.17, 15) is 19.1 Å². The van der Waals surface area contributed by atoms with Gasteiger partial charge in [0.2, 0.25) is 5.88 Å². The van der Waals surface area contributed by atoms with Crippen molar-refractivity contribution in [1.82, 2.24) is 14.0 Å². The Bertz CT molecular complexity index is 1160. The van der Waals surface area contributed by atoms with Crippen molar-refractivity contribution in [1.29, 1.82) is 0 Å². The van der Waals surface area contributed by atoms with E-state index in [1.807, 2.05) is 43.3 Å². The summed E-state index contributed by atoms with van der Waals surface area (Å²) in [6, 6.07) is 13.5. The number of imidazole rings is 1. The number of amides is 1. The molecule has 0 atom stereocenters. The second-order valence-electron chi connectivity index (χ2n) is 7.51. The van der Waals surface area contributed by atoms with Crippen molar-refractivity contribution in [3.05, 3.63) is 75.3 Å². The quantitative estimate of drug-likeness (QED) is 0.679. The summed E-state index contributed by atoms with van der Waals surface area (Å²) in [5.74, 6) is -0.110. The normalized spacial score (nSPS) is 13.2. The van der Waals surface area contributed by atoms with Crippen LogP contribution in [0.3, 0.4) is 0 Å². The van der Waals surface area contributed by atoms with Crippen LogP contribution >= 0.6 is 0 Å². The molecule has 3 aromatic rings. The van der Waals surface area contributed by atoms with Crippen LogP contribution in [0.4, 0.5) is 4.39 Å². The van der Waals surface area contributed by atoms with Crippen molar-refractivity contribution in [2.45, 2.75) is 33.5 Å². The average molecular weight is 409 g/mol. The number of benzene rings is 2. The van der Waals surface area contributed by atoms with Gasteiger partial charge >= 0.3 is 5.69 Å². The second kappa shape index (κ2) is 7.82. The Hall–Kier alpha value is -3.35. The van der Waals surface area contributed by atoms with Crippen molar-refractivity contribution in [2.24, 2.45) is 0 Å². The smallest absolute Gasteiger partial charge is 0.331 e. The van der Waals surface area contributed by atoms with Crippen LogP contribution in [-0.4, -0.2) is 38.3 Å². The van der Waals surface area contributed by atoms with E-state index < -0.39 is 6.67 Å². The molecular formula is C23H24FN3O3. The molecule has 0 saturated carbocycles. The number of nitrogens with zero attached hydrogens (tertiary/aromatic N) is 3. The topological polar surface area (TPSA) is 67.5 Å². The number of alkyl halides is 1. The van der Waals surface area contributed by atoms with Crippen LogP contribution in [-0.2, 0) is 19.6 Å². The van der Waals surface area contributed by atoms with E-state index in [-0.39, 0.29) is 24.0 Å². The van der Waals surface area contributed by atoms with Crippen LogP contribution in [0.15, 0.2) is 47.3 Å². The fraction of sp³-hybridized carbons (Fsp3) is 0.304. The third-order valence-corrected chi connectivity index (χ3v) is 5.73. The van der Waals surface area contributed by atoms with Gasteiger partial charge in [0, 0.05) is 25.2 Å². The Kier molecular flexibility index (Phi) is 5.20. The molecule has 0 saturated heterocycles. The lowest BCUT2D eigenvalue weighted by Crippen LogP contribution is -2.25. The van der Waals surface area contributed by atoms with E-state index in [1.54, 1.807) is 17.6 Å². The molecular weight excluding hydrogens is 385 g/mol. The molecule has 2 aromatic carbocycles. The lowest BCUT2D eigenvalue weighted by molar-refractivity contribution is 0.0768. The fourth-order valence-corrected chi connectivity index (χ4v) is 4.00. The van der Waals surface area contributed by atoms with Gasteiger partial charge in [0.1, 0.15) is 6.67 Å². The van der Waals surface area contributed by atoms with Crippen molar-refractivity contribution in [3.8, 4) is 17.0 Å². The van der Waals surface area contributed by atoms with Crippen molar-refractivity contribution >= 4 is 5.91 Å². The Labute approximate surface area is 173 Å². The summed E-state index contributed by atoms with van der Waals surface area (Å²) in [6.45, 7) is 4.35. The van der Waals surface area contributed by atoms with E-state index in [1.165, 1.54) is 9.47 Å². The van der Waals surface area contributed by atoms with E-state index in [4.69, 9.17) is 0 Å². The second-order valence-corrected chi connectivity index (χ2v) is 7.51. The monoisotopic (exact) mass is 409 g/mol. The molecule has 0 radical (unpaired) electrons. The van der Waals surface area contributed by atoms with Gasteiger partial charge in [0.05, 0.1) is 12.2 Å². The van der Waals surface area contributed by atoms with E-state index in [0.29, 0.717) is 30.9 Å². The summed E-state index contributed by atoms with van der Waals surface area (Å²) >= 11 is 0. The molecule has 1 N–H and O–H groups in total. The van der Waals surface area contributed by atoms with Gasteiger partial charge in [0.15, 0.2) is 0 Å². The first-order chi connectivity index (χ1) is 14.4. The molecule has 6 nitrogen and oxygen atoms in total. The van der Waals surface area contributed by atoms with Crippen LogP contribution < -0.4 is 5.69 Å². The Balaban J connectivity index is 1.57. The van der Waals surface area contributed by atoms with Crippen LogP contribution in [0.5, 0.6) is 5.88 Å². The van der Waals surface area contributed by atoms with Crippen molar-refractivity contribution in [3.63, 3.8) is 0 Å². The minimum Gasteiger partial charge on any atom is -0.493 e. The van der Waals surface area contributed by atoms with Crippen LogP contribution in [0, 0.1) is 6.92 Å². The molecule has 1 aromatic heterocycles. The maximum atomic E-state index is 12.6. The molecule has 1 aliphatic rings. The third kappa shape index (κ3) is 3.30. The van der Waals surface area contributed by atoms with Gasteiger partial charge in [-0.1, -0.05) is 30.3 Å². The highest BCUT2D eigenvalue weighted by Gasteiger charge is 2.27. The number of aromatic nitrogens is 2. The number of carbonyl (C=O) groups is 1. The Morgan fingerprint density at radius 3 is 2.37 bits per heavy atom. The zero-order valence-corrected chi connectivity index (χ0v) is 17.1. The molecule has 156 valence electrons. The van der Waals surface area contributed by atoms with E-state index >= 15 is 0 Å². The van der Waals surface area contributed by atoms with Gasteiger partial charge in [-0.15, -0.1) is 0 Å². The maximum absolute atomic E-state index is 12.6. The molecule has 0 fully saturated rings. The summed E-state index contributed by atoms with van der Waals surface area (Å²) in [5, 5.41) is 10.1. The van der Waals surface area contributed by atoms with Gasteiger partial charge in [-0.2, -0.15) is 0 Å². The number of rotatable bonds is 6. The Morgan fingerprint density at radius 1 is 1.03 bits per heavy atom. The number of hydrogen-bond acceptors (Lipinski definition) is 3. The largest absolute Gasteiger partial charge is 0.493 e. The predicted molar refractivity (Wildman–Crippen MR) is 112 cm³/mol. The van der Waals surface area contributed by atoms with Gasteiger partial charge in [-0.3, -0.25) is 13.9 Å². The summed E-state index contributed by atoms with van der Waals surface area (Å²) in [5.41, 5.74) is 4.80. The molecule has 0 aliphatic carbocycles. The number of halogens is 1. The summed E-state index contributed by atoms with van der Waals surface area (Å²) < 4.78 is 15.6. The number of carbonyl (C=O) groups excluding carboxylic acids is 1. The lowest BCUT2D eigenvalue weighted by atomic mass is 9.99. The zero-order valence-electron chi connectivity index (χ0n) is 17.1. The van der Waals surface area contributed by atoms with Gasteiger partial charge in [0.25, 0.3) is 5.91 Å². The van der Waals surface area contributed by atoms with Crippen LogP contribution in [0.2, 0.25) is 0 Å². The first kappa shape index (κ1) is 19.9. The van der Waals surface area contributed by atoms with Gasteiger partial charge < -0.3 is 10.0 Å². The third-order valence-electron chi connectivity index (χ3n) is 5.73. The molecule has 2 heterocycles. The molecule has 1 amide bonds. The van der Waals surface area contributed by atoms with Crippen molar-refractivity contribution in [2.75, 3.05) is 13.2 Å². The molecule has 0 spiro atoms. The molecule has 0 unspecified atom stereocenters. The fourth-order valence-electron chi connectivity index (χ4n) is 4.00. The SMILES string of the molecule is CCn1c(O)c(C)n(Cc2ccc(-c3ccc4c(c3)CN(CCF)C4=O)cc2)c1=O. The predicted octanol–water partition coefficient (Wildman–Crippen LogP) is 3.32. The van der Waals surface area contributed by atoms with E-state index in [2.05, 4.69) is 0 Å². The van der Waals surface area contributed by atoms with Crippen LogP contribution in [0.1, 0.15) is 34.1 Å². The van der Waals surface area contributed by atoms with E-state index in [0.717, 1.165) is 22.3 Å². The Morgan fingerprint density at radius 2 is 1.73 bits per heavy atom. The van der Waals surface area contributed by atoms with Crippen LogP contribution in [0.25, 0.3) is 11.1 Å². The minimum atomic E-state index is -0.546. The summed E-state index contributed by atoms with van der Waals surface area (Å²) in [4.78, 5) is 26.2. The highest BCUT2D eigenvalue weighted by Crippen LogP contribution is 2.29. The number of fused-ring (bicyclic) bond motifs is 1. The van der Waals surface area contributed by atoms with Gasteiger partial charge in [-0.25, -0.2) is 9.18 Å². The maximum Gasteiger partial charge on any atom is 0.331 e. The molecule has 30 heavy (non-hydrogen) atoms. The van der Waals surface area contributed by atoms with Crippen molar-refractivity contribution < 1.29 is 14.3 Å². The lowest BCUT2D eigenvalue weighted by Gasteiger charge is -2.12. The standard InChI is InChI=1S/C23H24FN3O3/c1-3-26-21(28)15(2)27(23(26)30)13-16-4-6-17(7-5-16)18-8-9-20-19(12-18)14-25(11-10-24)22(20)29/h4-9,12,28H,3,10-11,13-14H2,1-2H3. The summed E-state index contributed by atoms with van der Waals surface area (Å²) in [6.07, 6.45) is 0. The first-order valence-electron chi connectivity index (χ1n) is 10.0. The minimum absolute atomic E-state index is 0.00797.